The Labute approximate surface area is 114 Å². The number of aromatic nitrogens is 2. The predicted molar refractivity (Wildman–Crippen MR) is 70.0 cm³/mol. The quantitative estimate of drug-likeness (QED) is 0.689. The molecule has 1 unspecified atom stereocenters. The first kappa shape index (κ1) is 13.5. The summed E-state index contributed by atoms with van der Waals surface area (Å²) < 4.78 is 1.37. The van der Waals surface area contributed by atoms with Gasteiger partial charge in [-0.15, -0.1) is 0 Å². The van der Waals surface area contributed by atoms with Gasteiger partial charge in [0.2, 0.25) is 0 Å². The molecule has 2 aromatic rings. The maximum atomic E-state index is 10.8. The topological polar surface area (TPSA) is 81.2 Å². The molecule has 1 aromatic heterocycles. The Bertz CT molecular complexity index is 612. The monoisotopic (exact) mass is 281 g/mol. The van der Waals surface area contributed by atoms with Gasteiger partial charge in [0.25, 0.3) is 0 Å². The third-order valence-electron chi connectivity index (χ3n) is 2.81. The lowest BCUT2D eigenvalue weighted by Gasteiger charge is -2.11. The Morgan fingerprint density at radius 2 is 2.32 bits per heavy atom. The van der Waals surface area contributed by atoms with E-state index in [4.69, 9.17) is 11.6 Å². The summed E-state index contributed by atoms with van der Waals surface area (Å²) in [6, 6.07) is 6.76. The van der Waals surface area contributed by atoms with E-state index >= 15 is 0 Å². The van der Waals surface area contributed by atoms with Crippen LogP contribution in [0.3, 0.4) is 0 Å². The van der Waals surface area contributed by atoms with Crippen molar-refractivity contribution in [3.8, 4) is 0 Å². The van der Waals surface area contributed by atoms with Crippen LogP contribution in [-0.2, 0) is 6.54 Å². The Morgan fingerprint density at radius 1 is 1.58 bits per heavy atom. The minimum Gasteiger partial charge on any atom is -0.384 e. The Balaban J connectivity index is 2.26. The van der Waals surface area contributed by atoms with E-state index in [9.17, 15) is 15.2 Å². The second kappa shape index (κ2) is 5.38. The summed E-state index contributed by atoms with van der Waals surface area (Å²) in [7, 11) is 0. The first-order chi connectivity index (χ1) is 8.99. The van der Waals surface area contributed by atoms with Crippen LogP contribution in [0.5, 0.6) is 0 Å². The van der Waals surface area contributed by atoms with E-state index in [-0.39, 0.29) is 12.4 Å². The van der Waals surface area contributed by atoms with Crippen LogP contribution >= 0.6 is 11.6 Å². The molecule has 0 bridgehead atoms. The molecule has 0 aliphatic heterocycles. The molecule has 0 fully saturated rings. The van der Waals surface area contributed by atoms with E-state index in [1.807, 2.05) is 0 Å². The van der Waals surface area contributed by atoms with Gasteiger partial charge >= 0.3 is 5.82 Å². The lowest BCUT2D eigenvalue weighted by molar-refractivity contribution is -0.392. The first-order valence-electron chi connectivity index (χ1n) is 5.59. The maximum Gasteiger partial charge on any atom is 0.342 e. The summed E-state index contributed by atoms with van der Waals surface area (Å²) >= 11 is 5.85. The van der Waals surface area contributed by atoms with Gasteiger partial charge < -0.3 is 15.2 Å². The van der Waals surface area contributed by atoms with Crippen LogP contribution in [0.15, 0.2) is 30.5 Å². The number of rotatable bonds is 4. The van der Waals surface area contributed by atoms with Crippen LogP contribution in [0.4, 0.5) is 5.82 Å². The second-order valence-electron chi connectivity index (χ2n) is 4.10. The zero-order chi connectivity index (χ0) is 14.0. The SMILES string of the molecule is Cc1ncc([N+](=O)[O-])n1CC(O)c1cccc(Cl)c1. The number of nitro groups is 1. The Morgan fingerprint density at radius 3 is 2.95 bits per heavy atom. The third kappa shape index (κ3) is 2.91. The zero-order valence-electron chi connectivity index (χ0n) is 10.2. The van der Waals surface area contributed by atoms with E-state index in [2.05, 4.69) is 4.98 Å². The molecule has 0 aliphatic carbocycles. The van der Waals surface area contributed by atoms with Crippen molar-refractivity contribution < 1.29 is 10.0 Å². The number of aliphatic hydroxyl groups is 1. The number of benzene rings is 1. The molecule has 7 heteroatoms. The summed E-state index contributed by atoms with van der Waals surface area (Å²) in [5.74, 6) is 0.339. The lowest BCUT2D eigenvalue weighted by Crippen LogP contribution is -2.12. The molecule has 2 rings (SSSR count). The van der Waals surface area contributed by atoms with E-state index in [1.165, 1.54) is 10.8 Å². The van der Waals surface area contributed by atoms with Gasteiger partial charge in [0, 0.05) is 11.9 Å². The molecule has 0 saturated carbocycles. The van der Waals surface area contributed by atoms with Crippen molar-refractivity contribution in [2.45, 2.75) is 19.6 Å². The van der Waals surface area contributed by atoms with E-state index in [0.29, 0.717) is 16.4 Å². The van der Waals surface area contributed by atoms with Crippen LogP contribution in [0.25, 0.3) is 0 Å². The fourth-order valence-corrected chi connectivity index (χ4v) is 2.02. The number of aliphatic hydroxyl groups excluding tert-OH is 1. The van der Waals surface area contributed by atoms with Crippen molar-refractivity contribution in [1.29, 1.82) is 0 Å². The number of hydrogen-bond acceptors (Lipinski definition) is 4. The fourth-order valence-electron chi connectivity index (χ4n) is 1.82. The molecule has 6 nitrogen and oxygen atoms in total. The average molecular weight is 282 g/mol. The fraction of sp³-hybridized carbons (Fsp3) is 0.250. The molecule has 100 valence electrons. The average Bonchev–Trinajstić information content (AvgIpc) is 2.71. The molecule has 0 spiro atoms. The molecule has 1 N–H and O–H groups in total. The van der Waals surface area contributed by atoms with Crippen molar-refractivity contribution in [1.82, 2.24) is 9.55 Å². The predicted octanol–water partition coefficient (Wildman–Crippen LogP) is 2.49. The highest BCUT2D eigenvalue weighted by molar-refractivity contribution is 6.30. The van der Waals surface area contributed by atoms with Crippen LogP contribution < -0.4 is 0 Å². The van der Waals surface area contributed by atoms with Gasteiger partial charge in [0.05, 0.1) is 0 Å². The van der Waals surface area contributed by atoms with E-state index in [0.717, 1.165) is 0 Å². The molecule has 0 saturated heterocycles. The summed E-state index contributed by atoms with van der Waals surface area (Å²) in [4.78, 5) is 14.2. The van der Waals surface area contributed by atoms with Crippen molar-refractivity contribution in [3.63, 3.8) is 0 Å². The smallest absolute Gasteiger partial charge is 0.342 e. The minimum atomic E-state index is -0.884. The van der Waals surface area contributed by atoms with Gasteiger partial charge in [-0.3, -0.25) is 0 Å². The van der Waals surface area contributed by atoms with Crippen molar-refractivity contribution >= 4 is 17.4 Å². The summed E-state index contributed by atoms with van der Waals surface area (Å²) in [5, 5.41) is 21.5. The Kier molecular flexibility index (Phi) is 3.82. The highest BCUT2D eigenvalue weighted by Gasteiger charge is 2.21. The zero-order valence-corrected chi connectivity index (χ0v) is 10.9. The van der Waals surface area contributed by atoms with Crippen LogP contribution in [0.1, 0.15) is 17.5 Å². The molecule has 0 aliphatic rings. The Hall–Kier alpha value is -1.92. The van der Waals surface area contributed by atoms with Crippen LogP contribution in [0, 0.1) is 17.0 Å². The van der Waals surface area contributed by atoms with Crippen molar-refractivity contribution in [2.24, 2.45) is 0 Å². The van der Waals surface area contributed by atoms with Gasteiger partial charge in [-0.25, -0.2) is 9.55 Å². The third-order valence-corrected chi connectivity index (χ3v) is 3.05. The number of hydrogen-bond donors (Lipinski definition) is 1. The highest BCUT2D eigenvalue weighted by atomic mass is 35.5. The molecular formula is C12H12ClN3O3. The van der Waals surface area contributed by atoms with Gasteiger partial charge in [-0.1, -0.05) is 23.7 Å². The molecule has 19 heavy (non-hydrogen) atoms. The molecule has 1 atom stereocenters. The van der Waals surface area contributed by atoms with Gasteiger partial charge in [0.15, 0.2) is 5.82 Å². The summed E-state index contributed by atoms with van der Waals surface area (Å²) in [6.07, 6.45) is 0.297. The largest absolute Gasteiger partial charge is 0.384 e. The maximum absolute atomic E-state index is 10.8. The van der Waals surface area contributed by atoms with Gasteiger partial charge in [-0.2, -0.15) is 0 Å². The van der Waals surface area contributed by atoms with Gasteiger partial charge in [-0.05, 0) is 22.6 Å². The van der Waals surface area contributed by atoms with Crippen molar-refractivity contribution in [3.05, 3.63) is 57.0 Å². The normalized spacial score (nSPS) is 12.4. The molecular weight excluding hydrogens is 270 g/mol. The van der Waals surface area contributed by atoms with E-state index < -0.39 is 11.0 Å². The first-order valence-corrected chi connectivity index (χ1v) is 5.97. The lowest BCUT2D eigenvalue weighted by atomic mass is 10.1. The van der Waals surface area contributed by atoms with Gasteiger partial charge in [0.1, 0.15) is 18.8 Å². The molecule has 1 heterocycles. The number of aryl methyl sites for hydroxylation is 1. The van der Waals surface area contributed by atoms with Crippen LogP contribution in [0.2, 0.25) is 5.02 Å². The summed E-state index contributed by atoms with van der Waals surface area (Å²) in [5.41, 5.74) is 0.606. The molecule has 0 radical (unpaired) electrons. The molecule has 1 aromatic carbocycles. The minimum absolute atomic E-state index is 0.0580. The van der Waals surface area contributed by atoms with E-state index in [1.54, 1.807) is 31.2 Å². The highest BCUT2D eigenvalue weighted by Crippen LogP contribution is 2.22. The number of imidazole rings is 1. The van der Waals surface area contributed by atoms with Crippen LogP contribution in [-0.4, -0.2) is 19.6 Å². The standard InChI is InChI=1S/C12H12ClN3O3/c1-8-14-6-12(16(18)19)15(8)7-11(17)9-3-2-4-10(13)5-9/h2-6,11,17H,7H2,1H3. The second-order valence-corrected chi connectivity index (χ2v) is 4.54. The molecule has 0 amide bonds. The number of nitrogens with zero attached hydrogens (tertiary/aromatic N) is 3. The summed E-state index contributed by atoms with van der Waals surface area (Å²) in [6.45, 7) is 1.71. The van der Waals surface area contributed by atoms with Crippen molar-refractivity contribution in [2.75, 3.05) is 0 Å². The number of halogens is 1.